The Bertz CT molecular complexity index is 651. The molecular formula is C13H18ClN3O3S. The molecule has 0 radical (unpaired) electrons. The average Bonchev–Trinajstić information content (AvgIpc) is 2.30. The zero-order valence-corrected chi connectivity index (χ0v) is 13.2. The maximum Gasteiger partial charge on any atom is 0.231 e. The normalized spacial score (nSPS) is 16.9. The van der Waals surface area contributed by atoms with Gasteiger partial charge in [0.1, 0.15) is 0 Å². The van der Waals surface area contributed by atoms with E-state index in [1.807, 2.05) is 0 Å². The van der Waals surface area contributed by atoms with Crippen LogP contribution in [0.4, 0.5) is 11.4 Å². The first-order valence-corrected chi connectivity index (χ1v) is 8.82. The standard InChI is InChI=1S/C13H18ClN3O3S/c1-21(19,20)17-11-4-3-9(7-10(11)14)16-12(18)13(8-15)5-2-6-13/h3-4,7,17H,2,5-6,8,15H2,1H3,(H,16,18). The number of nitrogens with one attached hydrogen (secondary N) is 2. The Labute approximate surface area is 129 Å². The Hall–Kier alpha value is -1.31. The smallest absolute Gasteiger partial charge is 0.231 e. The van der Waals surface area contributed by atoms with E-state index in [-0.39, 0.29) is 16.6 Å². The summed E-state index contributed by atoms with van der Waals surface area (Å²) in [6, 6.07) is 4.62. The lowest BCUT2D eigenvalue weighted by atomic mass is 9.68. The van der Waals surface area contributed by atoms with Crippen LogP contribution in [0.3, 0.4) is 0 Å². The zero-order chi connectivity index (χ0) is 15.7. The van der Waals surface area contributed by atoms with E-state index in [9.17, 15) is 13.2 Å². The van der Waals surface area contributed by atoms with Crippen molar-refractivity contribution in [1.82, 2.24) is 0 Å². The van der Waals surface area contributed by atoms with Gasteiger partial charge in [-0.3, -0.25) is 9.52 Å². The van der Waals surface area contributed by atoms with E-state index < -0.39 is 15.4 Å². The SMILES string of the molecule is CS(=O)(=O)Nc1ccc(NC(=O)C2(CN)CCC2)cc1Cl. The predicted octanol–water partition coefficient (Wildman–Crippen LogP) is 1.78. The van der Waals surface area contributed by atoms with Gasteiger partial charge in [-0.2, -0.15) is 0 Å². The van der Waals surface area contributed by atoms with Gasteiger partial charge >= 0.3 is 0 Å². The fourth-order valence-corrected chi connectivity index (χ4v) is 3.13. The van der Waals surface area contributed by atoms with E-state index in [1.54, 1.807) is 6.07 Å². The summed E-state index contributed by atoms with van der Waals surface area (Å²) in [4.78, 5) is 12.2. The highest BCUT2D eigenvalue weighted by atomic mass is 35.5. The molecule has 0 atom stereocenters. The van der Waals surface area contributed by atoms with Gasteiger partial charge in [-0.15, -0.1) is 0 Å². The van der Waals surface area contributed by atoms with Gasteiger partial charge in [0.2, 0.25) is 15.9 Å². The molecule has 0 spiro atoms. The molecule has 0 saturated heterocycles. The first-order valence-electron chi connectivity index (χ1n) is 6.55. The molecule has 4 N–H and O–H groups in total. The minimum absolute atomic E-state index is 0.115. The molecule has 1 saturated carbocycles. The number of hydrogen-bond acceptors (Lipinski definition) is 4. The Morgan fingerprint density at radius 2 is 2.10 bits per heavy atom. The molecule has 1 aliphatic rings. The maximum atomic E-state index is 12.2. The lowest BCUT2D eigenvalue weighted by Crippen LogP contribution is -2.47. The van der Waals surface area contributed by atoms with Crippen LogP contribution in [0.2, 0.25) is 5.02 Å². The number of benzene rings is 1. The second-order valence-corrected chi connectivity index (χ2v) is 7.52. The van der Waals surface area contributed by atoms with Crippen molar-refractivity contribution < 1.29 is 13.2 Å². The summed E-state index contributed by atoms with van der Waals surface area (Å²) < 4.78 is 24.7. The Balaban J connectivity index is 2.12. The number of sulfonamides is 1. The molecule has 0 aromatic heterocycles. The van der Waals surface area contributed by atoms with E-state index >= 15 is 0 Å². The number of nitrogens with two attached hydrogens (primary N) is 1. The highest BCUT2D eigenvalue weighted by molar-refractivity contribution is 7.92. The summed E-state index contributed by atoms with van der Waals surface area (Å²) in [6.07, 6.45) is 3.62. The van der Waals surface area contributed by atoms with Crippen LogP contribution in [0.5, 0.6) is 0 Å². The number of hydrogen-bond donors (Lipinski definition) is 3. The lowest BCUT2D eigenvalue weighted by Gasteiger charge is -2.39. The summed E-state index contributed by atoms with van der Waals surface area (Å²) >= 11 is 6.01. The number of carbonyl (C=O) groups is 1. The largest absolute Gasteiger partial charge is 0.329 e. The maximum absolute atomic E-state index is 12.2. The van der Waals surface area contributed by atoms with Crippen LogP contribution in [0.1, 0.15) is 19.3 Å². The molecule has 1 fully saturated rings. The third-order valence-corrected chi connectivity index (χ3v) is 4.61. The third kappa shape index (κ3) is 3.66. The molecule has 8 heteroatoms. The predicted molar refractivity (Wildman–Crippen MR) is 83.9 cm³/mol. The number of amides is 1. The molecule has 21 heavy (non-hydrogen) atoms. The van der Waals surface area contributed by atoms with E-state index in [0.29, 0.717) is 12.2 Å². The van der Waals surface area contributed by atoms with Crippen LogP contribution < -0.4 is 15.8 Å². The van der Waals surface area contributed by atoms with Crippen LogP contribution in [0.15, 0.2) is 18.2 Å². The second kappa shape index (κ2) is 5.82. The van der Waals surface area contributed by atoms with Crippen molar-refractivity contribution in [2.24, 2.45) is 11.1 Å². The Morgan fingerprint density at radius 3 is 2.52 bits per heavy atom. The van der Waals surface area contributed by atoms with Gasteiger partial charge < -0.3 is 11.1 Å². The van der Waals surface area contributed by atoms with Gasteiger partial charge in [-0.1, -0.05) is 18.0 Å². The van der Waals surface area contributed by atoms with Crippen molar-refractivity contribution in [2.45, 2.75) is 19.3 Å². The fourth-order valence-electron chi connectivity index (χ4n) is 2.27. The molecular weight excluding hydrogens is 314 g/mol. The Morgan fingerprint density at radius 1 is 1.43 bits per heavy atom. The summed E-state index contributed by atoms with van der Waals surface area (Å²) in [5.41, 5.74) is 6.00. The molecule has 1 aromatic carbocycles. The van der Waals surface area contributed by atoms with Crippen molar-refractivity contribution in [3.63, 3.8) is 0 Å². The zero-order valence-electron chi connectivity index (χ0n) is 11.6. The molecule has 1 aromatic rings. The number of rotatable bonds is 5. The number of halogens is 1. The highest BCUT2D eigenvalue weighted by Gasteiger charge is 2.42. The summed E-state index contributed by atoms with van der Waals surface area (Å²) in [5, 5.41) is 3.00. The molecule has 0 aliphatic heterocycles. The minimum Gasteiger partial charge on any atom is -0.329 e. The van der Waals surface area contributed by atoms with E-state index in [1.165, 1.54) is 12.1 Å². The molecule has 0 unspecified atom stereocenters. The van der Waals surface area contributed by atoms with Gasteiger partial charge in [-0.25, -0.2) is 8.42 Å². The van der Waals surface area contributed by atoms with Gasteiger partial charge in [-0.05, 0) is 31.0 Å². The van der Waals surface area contributed by atoms with Gasteiger partial charge in [0.15, 0.2) is 0 Å². The van der Waals surface area contributed by atoms with Gasteiger partial charge in [0.05, 0.1) is 22.4 Å². The topological polar surface area (TPSA) is 101 Å². The van der Waals surface area contributed by atoms with Crippen molar-refractivity contribution >= 4 is 38.9 Å². The highest BCUT2D eigenvalue weighted by Crippen LogP contribution is 2.41. The van der Waals surface area contributed by atoms with Crippen LogP contribution >= 0.6 is 11.6 Å². The molecule has 0 heterocycles. The van der Waals surface area contributed by atoms with Crippen molar-refractivity contribution in [2.75, 3.05) is 22.8 Å². The first kappa shape index (κ1) is 16.1. The number of carbonyl (C=O) groups excluding carboxylic acids is 1. The molecule has 6 nitrogen and oxygen atoms in total. The van der Waals surface area contributed by atoms with Crippen molar-refractivity contribution in [1.29, 1.82) is 0 Å². The van der Waals surface area contributed by atoms with E-state index in [4.69, 9.17) is 17.3 Å². The number of anilines is 2. The lowest BCUT2D eigenvalue weighted by molar-refractivity contribution is -0.129. The summed E-state index contributed by atoms with van der Waals surface area (Å²) in [6.45, 7) is 0.320. The fraction of sp³-hybridized carbons (Fsp3) is 0.462. The summed E-state index contributed by atoms with van der Waals surface area (Å²) in [7, 11) is -3.40. The van der Waals surface area contributed by atoms with Crippen LogP contribution in [0, 0.1) is 5.41 Å². The van der Waals surface area contributed by atoms with Crippen LogP contribution in [-0.2, 0) is 14.8 Å². The molecule has 0 bridgehead atoms. The monoisotopic (exact) mass is 331 g/mol. The minimum atomic E-state index is -3.40. The molecule has 1 aliphatic carbocycles. The van der Waals surface area contributed by atoms with Crippen molar-refractivity contribution in [3.8, 4) is 0 Å². The second-order valence-electron chi connectivity index (χ2n) is 5.36. The molecule has 1 amide bonds. The summed E-state index contributed by atoms with van der Waals surface area (Å²) in [5.74, 6) is -0.115. The van der Waals surface area contributed by atoms with E-state index in [2.05, 4.69) is 10.0 Å². The Kier molecular flexibility index (Phi) is 4.46. The van der Waals surface area contributed by atoms with Gasteiger partial charge in [0.25, 0.3) is 0 Å². The molecule has 2 rings (SSSR count). The van der Waals surface area contributed by atoms with Crippen molar-refractivity contribution in [3.05, 3.63) is 23.2 Å². The third-order valence-electron chi connectivity index (χ3n) is 3.71. The van der Waals surface area contributed by atoms with Crippen LogP contribution in [0.25, 0.3) is 0 Å². The van der Waals surface area contributed by atoms with Crippen LogP contribution in [-0.4, -0.2) is 27.1 Å². The van der Waals surface area contributed by atoms with Gasteiger partial charge in [0, 0.05) is 12.2 Å². The average molecular weight is 332 g/mol. The molecule has 116 valence electrons. The van der Waals surface area contributed by atoms with E-state index in [0.717, 1.165) is 25.5 Å². The quantitative estimate of drug-likeness (QED) is 0.765. The first-order chi connectivity index (χ1) is 9.76.